The number of imidazole rings is 1. The number of nitrogens with one attached hydrogen (secondary N) is 1. The number of rotatable bonds is 1. The fourth-order valence-corrected chi connectivity index (χ4v) is 3.97. The topological polar surface area (TPSA) is 48.3 Å². The maximum atomic E-state index is 5.80. The van der Waals surface area contributed by atoms with E-state index in [9.17, 15) is 0 Å². The molecule has 6 rings (SSSR count). The van der Waals surface area contributed by atoms with Crippen molar-refractivity contribution in [2.24, 2.45) is 0 Å². The maximum absolute atomic E-state index is 5.80. The summed E-state index contributed by atoms with van der Waals surface area (Å²) in [5.74, 6) is 2.58. The van der Waals surface area contributed by atoms with Gasteiger partial charge in [0.15, 0.2) is 11.5 Å². The molecule has 2 aliphatic heterocycles. The Morgan fingerprint density at radius 2 is 1.70 bits per heavy atom. The summed E-state index contributed by atoms with van der Waals surface area (Å²) in [5, 5.41) is 3.68. The molecule has 1 atom stereocenters. The predicted octanol–water partition coefficient (Wildman–Crippen LogP) is 4.45. The van der Waals surface area contributed by atoms with Gasteiger partial charge in [-0.3, -0.25) is 4.57 Å². The average molecular weight is 355 g/mol. The number of nitrogens with zero attached hydrogens (tertiary/aromatic N) is 2. The van der Waals surface area contributed by atoms with Crippen LogP contribution in [0.15, 0.2) is 66.7 Å². The molecule has 0 saturated carbocycles. The van der Waals surface area contributed by atoms with Crippen molar-refractivity contribution in [2.75, 3.05) is 18.5 Å². The minimum atomic E-state index is -0.0712. The predicted molar refractivity (Wildman–Crippen MR) is 104 cm³/mol. The van der Waals surface area contributed by atoms with Gasteiger partial charge < -0.3 is 14.8 Å². The molecule has 5 nitrogen and oxygen atoms in total. The molecule has 3 aromatic carbocycles. The first kappa shape index (κ1) is 14.7. The fraction of sp³-hybridized carbons (Fsp3) is 0.136. The minimum Gasteiger partial charge on any atom is -0.486 e. The Bertz CT molecular complexity index is 1180. The zero-order valence-electron chi connectivity index (χ0n) is 14.6. The van der Waals surface area contributed by atoms with Crippen molar-refractivity contribution in [1.82, 2.24) is 9.55 Å². The number of anilines is 1. The number of ether oxygens (including phenoxy) is 2. The van der Waals surface area contributed by atoms with Crippen molar-refractivity contribution in [3.05, 3.63) is 72.3 Å². The summed E-state index contributed by atoms with van der Waals surface area (Å²) < 4.78 is 13.8. The minimum absolute atomic E-state index is 0.0712. The van der Waals surface area contributed by atoms with Crippen LogP contribution in [0.25, 0.3) is 22.4 Å². The van der Waals surface area contributed by atoms with Gasteiger partial charge in [-0.1, -0.05) is 30.3 Å². The van der Waals surface area contributed by atoms with Gasteiger partial charge in [0.2, 0.25) is 0 Å². The number of para-hydroxylation sites is 3. The molecule has 2 aliphatic rings. The van der Waals surface area contributed by atoms with Crippen molar-refractivity contribution in [3.63, 3.8) is 0 Å². The smallest absolute Gasteiger partial charge is 0.161 e. The molecule has 5 heteroatoms. The molecule has 3 heterocycles. The molecule has 0 aliphatic carbocycles. The quantitative estimate of drug-likeness (QED) is 0.548. The van der Waals surface area contributed by atoms with Crippen LogP contribution in [0.5, 0.6) is 11.5 Å². The Morgan fingerprint density at radius 3 is 2.67 bits per heavy atom. The fourth-order valence-electron chi connectivity index (χ4n) is 3.97. The van der Waals surface area contributed by atoms with Crippen LogP contribution >= 0.6 is 0 Å². The molecule has 1 N–H and O–H groups in total. The van der Waals surface area contributed by atoms with E-state index in [1.165, 1.54) is 0 Å². The van der Waals surface area contributed by atoms with Crippen LogP contribution in [0.4, 0.5) is 5.69 Å². The lowest BCUT2D eigenvalue weighted by atomic mass is 10.0. The molecule has 0 radical (unpaired) electrons. The lowest BCUT2D eigenvalue weighted by Crippen LogP contribution is -2.25. The number of aromatic nitrogens is 2. The highest BCUT2D eigenvalue weighted by molar-refractivity contribution is 5.86. The monoisotopic (exact) mass is 355 g/mol. The van der Waals surface area contributed by atoms with Crippen molar-refractivity contribution in [1.29, 1.82) is 0 Å². The van der Waals surface area contributed by atoms with Crippen molar-refractivity contribution < 1.29 is 9.47 Å². The van der Waals surface area contributed by atoms with Gasteiger partial charge in [0, 0.05) is 11.3 Å². The molecule has 0 amide bonds. The summed E-state index contributed by atoms with van der Waals surface area (Å²) >= 11 is 0. The summed E-state index contributed by atoms with van der Waals surface area (Å²) in [6, 6.07) is 22.7. The van der Waals surface area contributed by atoms with Crippen LogP contribution in [-0.4, -0.2) is 22.8 Å². The summed E-state index contributed by atoms with van der Waals surface area (Å²) in [5.41, 5.74) is 5.41. The first-order valence-corrected chi connectivity index (χ1v) is 9.11. The molecular weight excluding hydrogens is 338 g/mol. The van der Waals surface area contributed by atoms with Crippen LogP contribution in [0.3, 0.4) is 0 Å². The Morgan fingerprint density at radius 1 is 0.889 bits per heavy atom. The van der Waals surface area contributed by atoms with E-state index < -0.39 is 0 Å². The lowest BCUT2D eigenvalue weighted by Gasteiger charge is -2.31. The number of benzene rings is 3. The molecular formula is C22H17N3O2. The van der Waals surface area contributed by atoms with Crippen LogP contribution < -0.4 is 14.8 Å². The van der Waals surface area contributed by atoms with Gasteiger partial charge in [0.25, 0.3) is 0 Å². The van der Waals surface area contributed by atoms with E-state index in [1.54, 1.807) is 0 Å². The zero-order valence-corrected chi connectivity index (χ0v) is 14.6. The Kier molecular flexibility index (Phi) is 3.00. The van der Waals surface area contributed by atoms with E-state index in [0.717, 1.165) is 45.2 Å². The van der Waals surface area contributed by atoms with Gasteiger partial charge in [0.1, 0.15) is 25.2 Å². The second kappa shape index (κ2) is 5.51. The van der Waals surface area contributed by atoms with Gasteiger partial charge >= 0.3 is 0 Å². The summed E-state index contributed by atoms with van der Waals surface area (Å²) in [7, 11) is 0. The number of fused-ring (bicyclic) bond motifs is 6. The van der Waals surface area contributed by atoms with E-state index in [0.29, 0.717) is 13.2 Å². The summed E-state index contributed by atoms with van der Waals surface area (Å²) in [4.78, 5) is 4.92. The van der Waals surface area contributed by atoms with E-state index in [-0.39, 0.29) is 6.17 Å². The molecule has 0 fully saturated rings. The molecule has 27 heavy (non-hydrogen) atoms. The molecule has 0 bridgehead atoms. The SMILES string of the molecule is c1ccc2c(c1)NC(c1ccc3c(c1)OCCO3)n1c-2nc2ccccc21. The van der Waals surface area contributed by atoms with Crippen LogP contribution in [0.1, 0.15) is 11.7 Å². The summed E-state index contributed by atoms with van der Waals surface area (Å²) in [6.07, 6.45) is -0.0712. The van der Waals surface area contributed by atoms with E-state index in [1.807, 2.05) is 18.2 Å². The van der Waals surface area contributed by atoms with E-state index in [2.05, 4.69) is 58.4 Å². The van der Waals surface area contributed by atoms with Gasteiger partial charge in [0.05, 0.1) is 11.0 Å². The highest BCUT2D eigenvalue weighted by Crippen LogP contribution is 2.42. The highest BCUT2D eigenvalue weighted by Gasteiger charge is 2.28. The normalized spacial score (nSPS) is 17.1. The number of hydrogen-bond donors (Lipinski definition) is 1. The Hall–Kier alpha value is -3.47. The lowest BCUT2D eigenvalue weighted by molar-refractivity contribution is 0.171. The first-order valence-electron chi connectivity index (χ1n) is 9.11. The van der Waals surface area contributed by atoms with Crippen LogP contribution in [0.2, 0.25) is 0 Å². The van der Waals surface area contributed by atoms with Gasteiger partial charge in [-0.2, -0.15) is 0 Å². The highest BCUT2D eigenvalue weighted by atomic mass is 16.6. The van der Waals surface area contributed by atoms with Crippen LogP contribution in [-0.2, 0) is 0 Å². The molecule has 0 saturated heterocycles. The standard InChI is InChI=1S/C22H17N3O2/c1-2-6-16-15(5-1)22-24-17-7-3-4-8-18(17)25(22)21(23-16)14-9-10-19-20(13-14)27-12-11-26-19/h1-10,13,21,23H,11-12H2. The first-order chi connectivity index (χ1) is 13.4. The van der Waals surface area contributed by atoms with Gasteiger partial charge in [-0.15, -0.1) is 0 Å². The van der Waals surface area contributed by atoms with Gasteiger partial charge in [-0.05, 0) is 42.0 Å². The summed E-state index contributed by atoms with van der Waals surface area (Å²) in [6.45, 7) is 1.17. The Labute approximate surface area is 156 Å². The van der Waals surface area contributed by atoms with E-state index >= 15 is 0 Å². The largest absolute Gasteiger partial charge is 0.486 e. The number of hydrogen-bond acceptors (Lipinski definition) is 4. The van der Waals surface area contributed by atoms with Gasteiger partial charge in [-0.25, -0.2) is 4.98 Å². The van der Waals surface area contributed by atoms with Crippen LogP contribution in [0, 0.1) is 0 Å². The van der Waals surface area contributed by atoms with Crippen molar-refractivity contribution in [3.8, 4) is 22.9 Å². The second-order valence-corrected chi connectivity index (χ2v) is 6.79. The van der Waals surface area contributed by atoms with E-state index in [4.69, 9.17) is 14.5 Å². The molecule has 1 unspecified atom stereocenters. The van der Waals surface area contributed by atoms with Crippen molar-refractivity contribution >= 4 is 16.7 Å². The third-order valence-corrected chi connectivity index (χ3v) is 5.20. The molecule has 132 valence electrons. The average Bonchev–Trinajstić information content (AvgIpc) is 3.13. The molecule has 4 aromatic rings. The second-order valence-electron chi connectivity index (χ2n) is 6.79. The third kappa shape index (κ3) is 2.15. The Balaban J connectivity index is 1.59. The zero-order chi connectivity index (χ0) is 17.8. The molecule has 1 aromatic heterocycles. The molecule has 0 spiro atoms. The maximum Gasteiger partial charge on any atom is 0.161 e. The third-order valence-electron chi connectivity index (χ3n) is 5.20. The van der Waals surface area contributed by atoms with Crippen molar-refractivity contribution in [2.45, 2.75) is 6.17 Å².